The summed E-state index contributed by atoms with van der Waals surface area (Å²) in [6.07, 6.45) is 1.35. The number of carbonyl (C=O) groups is 2. The third-order valence-electron chi connectivity index (χ3n) is 2.57. The molecule has 0 spiro atoms. The fourth-order valence-electron chi connectivity index (χ4n) is 1.55. The van der Waals surface area contributed by atoms with Gasteiger partial charge in [0.1, 0.15) is 5.25 Å². The van der Waals surface area contributed by atoms with Crippen molar-refractivity contribution in [1.82, 2.24) is 5.32 Å². The quantitative estimate of drug-likeness (QED) is 0.648. The Morgan fingerprint density at radius 1 is 1.45 bits per heavy atom. The number of carbonyl (C=O) groups excluding carboxylic acids is 1. The number of thioether (sulfide) groups is 1. The molecule has 7 heteroatoms. The molecular formula is C13H13N3O3S. The van der Waals surface area contributed by atoms with Crippen LogP contribution in [0.1, 0.15) is 17.5 Å². The van der Waals surface area contributed by atoms with Gasteiger partial charge < -0.3 is 10.4 Å². The number of benzene rings is 1. The third kappa shape index (κ3) is 3.92. The number of hydrogen-bond donors (Lipinski definition) is 2. The Kier molecular flexibility index (Phi) is 4.52. The molecule has 1 unspecified atom stereocenters. The molecule has 0 radical (unpaired) electrons. The van der Waals surface area contributed by atoms with Crippen LogP contribution in [0.5, 0.6) is 0 Å². The molecule has 0 aliphatic carbocycles. The van der Waals surface area contributed by atoms with Crippen molar-refractivity contribution >= 4 is 35.0 Å². The van der Waals surface area contributed by atoms with Gasteiger partial charge in [-0.2, -0.15) is 5.10 Å². The van der Waals surface area contributed by atoms with Crippen LogP contribution in [0.2, 0.25) is 0 Å². The minimum absolute atomic E-state index is 0.225. The first kappa shape index (κ1) is 14.3. The van der Waals surface area contributed by atoms with Crippen molar-refractivity contribution in [3.63, 3.8) is 0 Å². The topological polar surface area (TPSA) is 91.1 Å². The number of carboxylic acids is 1. The Balaban J connectivity index is 1.97. The molecule has 104 valence electrons. The fourth-order valence-corrected chi connectivity index (χ4v) is 2.46. The number of aliphatic carboxylic acids is 1. The van der Waals surface area contributed by atoms with Gasteiger partial charge in [-0.3, -0.25) is 9.59 Å². The van der Waals surface area contributed by atoms with E-state index in [0.717, 1.165) is 22.9 Å². The molecule has 0 aromatic heterocycles. The van der Waals surface area contributed by atoms with E-state index in [2.05, 4.69) is 15.5 Å². The molecule has 1 heterocycles. The van der Waals surface area contributed by atoms with E-state index in [9.17, 15) is 9.59 Å². The van der Waals surface area contributed by atoms with E-state index in [0.29, 0.717) is 5.17 Å². The highest BCUT2D eigenvalue weighted by atomic mass is 32.2. The average Bonchev–Trinajstić information content (AvgIpc) is 2.72. The van der Waals surface area contributed by atoms with Gasteiger partial charge in [0, 0.05) is 0 Å². The third-order valence-corrected chi connectivity index (χ3v) is 3.64. The second-order valence-corrected chi connectivity index (χ2v) is 5.45. The molecule has 6 nitrogen and oxygen atoms in total. The Labute approximate surface area is 120 Å². The molecule has 20 heavy (non-hydrogen) atoms. The van der Waals surface area contributed by atoms with Gasteiger partial charge in [0.05, 0.1) is 12.6 Å². The van der Waals surface area contributed by atoms with Gasteiger partial charge in [-0.05, 0) is 12.5 Å². The second-order valence-electron chi connectivity index (χ2n) is 4.25. The lowest BCUT2D eigenvalue weighted by atomic mass is 10.2. The van der Waals surface area contributed by atoms with E-state index in [1.807, 2.05) is 31.2 Å². The van der Waals surface area contributed by atoms with Crippen molar-refractivity contribution in [2.24, 2.45) is 10.2 Å². The molecule has 1 aromatic carbocycles. The summed E-state index contributed by atoms with van der Waals surface area (Å²) in [6, 6.07) is 7.74. The summed E-state index contributed by atoms with van der Waals surface area (Å²) in [6.45, 7) is 1.99. The maximum Gasteiger partial charge on any atom is 0.305 e. The second kappa shape index (κ2) is 6.33. The van der Waals surface area contributed by atoms with Crippen molar-refractivity contribution in [2.45, 2.75) is 18.6 Å². The number of nitrogens with one attached hydrogen (secondary N) is 1. The summed E-state index contributed by atoms with van der Waals surface area (Å²) in [5, 5.41) is 18.6. The van der Waals surface area contributed by atoms with Crippen LogP contribution >= 0.6 is 11.8 Å². The maximum absolute atomic E-state index is 11.5. The molecule has 0 bridgehead atoms. The zero-order valence-electron chi connectivity index (χ0n) is 10.7. The molecule has 1 saturated heterocycles. The fraction of sp³-hybridized carbons (Fsp3) is 0.231. The largest absolute Gasteiger partial charge is 0.481 e. The zero-order chi connectivity index (χ0) is 14.5. The smallest absolute Gasteiger partial charge is 0.305 e. The van der Waals surface area contributed by atoms with E-state index < -0.39 is 11.2 Å². The average molecular weight is 291 g/mol. The summed E-state index contributed by atoms with van der Waals surface area (Å²) < 4.78 is 0. The van der Waals surface area contributed by atoms with Crippen LogP contribution < -0.4 is 5.32 Å². The first-order valence-corrected chi connectivity index (χ1v) is 6.79. The normalized spacial score (nSPS) is 20.6. The Morgan fingerprint density at radius 3 is 2.80 bits per heavy atom. The zero-order valence-corrected chi connectivity index (χ0v) is 11.6. The first-order chi connectivity index (χ1) is 9.54. The number of rotatable bonds is 4. The van der Waals surface area contributed by atoms with Gasteiger partial charge in [0.25, 0.3) is 0 Å². The van der Waals surface area contributed by atoms with Crippen LogP contribution in [0.3, 0.4) is 0 Å². The van der Waals surface area contributed by atoms with E-state index >= 15 is 0 Å². The van der Waals surface area contributed by atoms with Crippen molar-refractivity contribution < 1.29 is 14.7 Å². The number of hydrogen-bond acceptors (Lipinski definition) is 5. The van der Waals surface area contributed by atoms with Gasteiger partial charge in [-0.15, -0.1) is 5.10 Å². The molecule has 2 rings (SSSR count). The summed E-state index contributed by atoms with van der Waals surface area (Å²) >= 11 is 1.08. The summed E-state index contributed by atoms with van der Waals surface area (Å²) in [5.74, 6) is -1.36. The number of nitrogens with zero attached hydrogens (tertiary/aromatic N) is 2. The van der Waals surface area contributed by atoms with E-state index in [-0.39, 0.29) is 12.3 Å². The highest BCUT2D eigenvalue weighted by Gasteiger charge is 2.32. The minimum atomic E-state index is -1.01. The van der Waals surface area contributed by atoms with Gasteiger partial charge >= 0.3 is 5.97 Å². The van der Waals surface area contributed by atoms with E-state index in [1.165, 1.54) is 0 Å². The van der Waals surface area contributed by atoms with Gasteiger partial charge in [-0.1, -0.05) is 41.6 Å². The van der Waals surface area contributed by atoms with Crippen LogP contribution in [0.4, 0.5) is 0 Å². The van der Waals surface area contributed by atoms with Crippen LogP contribution in [0.25, 0.3) is 0 Å². The van der Waals surface area contributed by atoms with Gasteiger partial charge in [0.2, 0.25) is 5.91 Å². The highest BCUT2D eigenvalue weighted by Crippen LogP contribution is 2.22. The molecule has 1 atom stereocenters. The maximum atomic E-state index is 11.5. The first-order valence-electron chi connectivity index (χ1n) is 5.91. The van der Waals surface area contributed by atoms with Crippen LogP contribution in [-0.2, 0) is 9.59 Å². The van der Waals surface area contributed by atoms with Crippen molar-refractivity contribution in [3.05, 3.63) is 35.4 Å². The lowest BCUT2D eigenvalue weighted by Gasteiger charge is -1.97. The lowest BCUT2D eigenvalue weighted by Crippen LogP contribution is -2.26. The standard InChI is InChI=1S/C13H13N3O3S/c1-8-2-4-9(5-3-8)7-14-16-13-15-12(19)10(20-13)6-11(17)18/h2-5,7,10H,6H2,1H3,(H,17,18)(H,15,16,19)/b14-7+. The van der Waals surface area contributed by atoms with Crippen LogP contribution in [0.15, 0.2) is 34.5 Å². The molecule has 1 aliphatic rings. The van der Waals surface area contributed by atoms with Crippen molar-refractivity contribution in [2.75, 3.05) is 0 Å². The van der Waals surface area contributed by atoms with Gasteiger partial charge in [0.15, 0.2) is 5.17 Å². The predicted molar refractivity (Wildman–Crippen MR) is 78.0 cm³/mol. The molecule has 0 saturated carbocycles. The Hall–Kier alpha value is -2.15. The SMILES string of the molecule is Cc1ccc(/C=N/N=C2\NC(=O)C(CC(=O)O)S2)cc1. The number of aryl methyl sites for hydroxylation is 1. The summed E-state index contributed by atoms with van der Waals surface area (Å²) in [7, 11) is 0. The predicted octanol–water partition coefficient (Wildman–Crippen LogP) is 1.39. The number of amidine groups is 1. The van der Waals surface area contributed by atoms with Crippen molar-refractivity contribution in [3.8, 4) is 0 Å². The highest BCUT2D eigenvalue weighted by molar-refractivity contribution is 8.15. The Bertz CT molecular complexity index is 581. The lowest BCUT2D eigenvalue weighted by molar-refractivity contribution is -0.138. The van der Waals surface area contributed by atoms with Gasteiger partial charge in [-0.25, -0.2) is 0 Å². The van der Waals surface area contributed by atoms with Crippen LogP contribution in [-0.4, -0.2) is 33.6 Å². The molecule has 1 amide bonds. The molecule has 2 N–H and O–H groups in total. The summed E-state index contributed by atoms with van der Waals surface area (Å²) in [5.41, 5.74) is 2.06. The van der Waals surface area contributed by atoms with E-state index in [4.69, 9.17) is 5.11 Å². The molecule has 1 aliphatic heterocycles. The monoisotopic (exact) mass is 291 g/mol. The molecular weight excluding hydrogens is 278 g/mol. The Morgan fingerprint density at radius 2 is 2.15 bits per heavy atom. The minimum Gasteiger partial charge on any atom is -0.481 e. The molecule has 1 fully saturated rings. The van der Waals surface area contributed by atoms with Crippen molar-refractivity contribution in [1.29, 1.82) is 0 Å². The van der Waals surface area contributed by atoms with Crippen LogP contribution in [0, 0.1) is 6.92 Å². The number of carboxylic acid groups (broad SMARTS) is 1. The summed E-state index contributed by atoms with van der Waals surface area (Å²) in [4.78, 5) is 22.0. The molecule has 1 aromatic rings. The van der Waals surface area contributed by atoms with E-state index in [1.54, 1.807) is 6.21 Å². The number of amides is 1.